The van der Waals surface area contributed by atoms with Gasteiger partial charge in [-0.3, -0.25) is 9.59 Å². The van der Waals surface area contributed by atoms with Crippen LogP contribution in [0.3, 0.4) is 0 Å². The second-order valence-electron chi connectivity index (χ2n) is 6.36. The summed E-state index contributed by atoms with van der Waals surface area (Å²) in [6.07, 6.45) is 6.26. The van der Waals surface area contributed by atoms with Crippen molar-refractivity contribution < 1.29 is 14.3 Å². The highest BCUT2D eigenvalue weighted by Gasteiger charge is 2.24. The van der Waals surface area contributed by atoms with Crippen LogP contribution in [0, 0.1) is 5.92 Å². The highest BCUT2D eigenvalue weighted by atomic mass is 16.5. The summed E-state index contributed by atoms with van der Waals surface area (Å²) in [5.41, 5.74) is 1.10. The van der Waals surface area contributed by atoms with E-state index in [1.807, 2.05) is 12.1 Å². The molecule has 5 heteroatoms. The predicted molar refractivity (Wildman–Crippen MR) is 88.3 cm³/mol. The van der Waals surface area contributed by atoms with Gasteiger partial charge in [-0.25, -0.2) is 0 Å². The van der Waals surface area contributed by atoms with E-state index in [1.54, 1.807) is 12.1 Å². The van der Waals surface area contributed by atoms with Gasteiger partial charge in [0.15, 0.2) is 0 Å². The minimum absolute atomic E-state index is 0.0295. The average molecular weight is 316 g/mol. The normalized spacial score (nSPS) is 21.3. The first-order chi connectivity index (χ1) is 11.2. The SMILES string of the molecule is O=C(NC[C@H]1CCCO1)c1ccccc1NC(=O)C1CCCC1. The number of rotatable bonds is 5. The molecule has 23 heavy (non-hydrogen) atoms. The van der Waals surface area contributed by atoms with Crippen molar-refractivity contribution in [3.8, 4) is 0 Å². The molecule has 2 fully saturated rings. The van der Waals surface area contributed by atoms with Gasteiger partial charge in [-0.1, -0.05) is 25.0 Å². The van der Waals surface area contributed by atoms with E-state index in [0.29, 0.717) is 17.8 Å². The van der Waals surface area contributed by atoms with Gasteiger partial charge in [0.1, 0.15) is 0 Å². The largest absolute Gasteiger partial charge is 0.376 e. The van der Waals surface area contributed by atoms with E-state index in [0.717, 1.165) is 45.1 Å². The Bertz CT molecular complexity index is 561. The number of para-hydroxylation sites is 1. The van der Waals surface area contributed by atoms with E-state index in [2.05, 4.69) is 10.6 Å². The maximum atomic E-state index is 12.4. The molecule has 1 aromatic carbocycles. The number of anilines is 1. The highest BCUT2D eigenvalue weighted by Crippen LogP contribution is 2.26. The first-order valence-corrected chi connectivity index (χ1v) is 8.54. The van der Waals surface area contributed by atoms with Crippen molar-refractivity contribution >= 4 is 17.5 Å². The van der Waals surface area contributed by atoms with Crippen molar-refractivity contribution in [2.45, 2.75) is 44.6 Å². The summed E-state index contributed by atoms with van der Waals surface area (Å²) in [7, 11) is 0. The Hall–Kier alpha value is -1.88. The molecule has 0 spiro atoms. The van der Waals surface area contributed by atoms with Crippen LogP contribution in [0.1, 0.15) is 48.9 Å². The predicted octanol–water partition coefficient (Wildman–Crippen LogP) is 2.72. The summed E-state index contributed by atoms with van der Waals surface area (Å²) >= 11 is 0. The van der Waals surface area contributed by atoms with Crippen molar-refractivity contribution in [2.24, 2.45) is 5.92 Å². The summed E-state index contributed by atoms with van der Waals surface area (Å²) < 4.78 is 5.52. The Morgan fingerprint density at radius 2 is 1.87 bits per heavy atom. The summed E-state index contributed by atoms with van der Waals surface area (Å²) in [5, 5.41) is 5.84. The minimum atomic E-state index is -0.164. The van der Waals surface area contributed by atoms with Crippen LogP contribution in [0.4, 0.5) is 5.69 Å². The first kappa shape index (κ1) is 16.0. The Balaban J connectivity index is 1.62. The number of hydrogen-bond donors (Lipinski definition) is 2. The van der Waals surface area contributed by atoms with Crippen LogP contribution in [-0.4, -0.2) is 31.1 Å². The molecule has 1 atom stereocenters. The van der Waals surface area contributed by atoms with Gasteiger partial charge in [-0.05, 0) is 37.8 Å². The lowest BCUT2D eigenvalue weighted by Crippen LogP contribution is -2.32. The van der Waals surface area contributed by atoms with Crippen LogP contribution in [0.15, 0.2) is 24.3 Å². The van der Waals surface area contributed by atoms with Gasteiger partial charge in [0.05, 0.1) is 17.4 Å². The number of carbonyl (C=O) groups excluding carboxylic acids is 2. The summed E-state index contributed by atoms with van der Waals surface area (Å²) in [6, 6.07) is 7.18. The van der Waals surface area contributed by atoms with E-state index in [-0.39, 0.29) is 23.8 Å². The molecule has 3 rings (SSSR count). The molecule has 0 aromatic heterocycles. The van der Waals surface area contributed by atoms with Gasteiger partial charge >= 0.3 is 0 Å². The van der Waals surface area contributed by atoms with E-state index < -0.39 is 0 Å². The molecular formula is C18H24N2O3. The fourth-order valence-electron chi connectivity index (χ4n) is 3.32. The monoisotopic (exact) mass is 316 g/mol. The van der Waals surface area contributed by atoms with Gasteiger partial charge in [0.2, 0.25) is 5.91 Å². The number of ether oxygens (including phenoxy) is 1. The zero-order valence-electron chi connectivity index (χ0n) is 13.3. The van der Waals surface area contributed by atoms with Crippen molar-refractivity contribution in [1.82, 2.24) is 5.32 Å². The Morgan fingerprint density at radius 3 is 2.61 bits per heavy atom. The van der Waals surface area contributed by atoms with Crippen LogP contribution in [0.5, 0.6) is 0 Å². The molecule has 1 aliphatic heterocycles. The molecular weight excluding hydrogens is 292 g/mol. The molecule has 1 saturated heterocycles. The topological polar surface area (TPSA) is 67.4 Å². The van der Waals surface area contributed by atoms with E-state index in [9.17, 15) is 9.59 Å². The van der Waals surface area contributed by atoms with Crippen LogP contribution < -0.4 is 10.6 Å². The minimum Gasteiger partial charge on any atom is -0.376 e. The van der Waals surface area contributed by atoms with Gasteiger partial charge in [-0.2, -0.15) is 0 Å². The van der Waals surface area contributed by atoms with Crippen molar-refractivity contribution in [1.29, 1.82) is 0 Å². The Labute approximate surface area is 136 Å². The Morgan fingerprint density at radius 1 is 1.09 bits per heavy atom. The van der Waals surface area contributed by atoms with Crippen molar-refractivity contribution in [3.63, 3.8) is 0 Å². The first-order valence-electron chi connectivity index (χ1n) is 8.54. The number of benzene rings is 1. The molecule has 1 heterocycles. The lowest BCUT2D eigenvalue weighted by Gasteiger charge is -2.15. The maximum absolute atomic E-state index is 12.4. The smallest absolute Gasteiger partial charge is 0.253 e. The van der Waals surface area contributed by atoms with Crippen LogP contribution >= 0.6 is 0 Å². The third-order valence-corrected chi connectivity index (χ3v) is 4.67. The second-order valence-corrected chi connectivity index (χ2v) is 6.36. The van der Waals surface area contributed by atoms with Crippen LogP contribution in [0.2, 0.25) is 0 Å². The molecule has 2 amide bonds. The standard InChI is InChI=1S/C18H24N2O3/c21-17(13-6-1-2-7-13)20-16-10-4-3-9-15(16)18(22)19-12-14-8-5-11-23-14/h3-4,9-10,13-14H,1-2,5-8,11-12H2,(H,19,22)(H,20,21)/t14-/m1/s1. The fourth-order valence-corrected chi connectivity index (χ4v) is 3.32. The second kappa shape index (κ2) is 7.59. The van der Waals surface area contributed by atoms with Gasteiger partial charge in [0, 0.05) is 19.1 Å². The van der Waals surface area contributed by atoms with Gasteiger partial charge < -0.3 is 15.4 Å². The molecule has 2 N–H and O–H groups in total. The molecule has 2 aliphatic rings. The van der Waals surface area contributed by atoms with Gasteiger partial charge in [-0.15, -0.1) is 0 Å². The maximum Gasteiger partial charge on any atom is 0.253 e. The molecule has 124 valence electrons. The molecule has 1 aliphatic carbocycles. The zero-order chi connectivity index (χ0) is 16.1. The molecule has 0 radical (unpaired) electrons. The number of hydrogen-bond acceptors (Lipinski definition) is 3. The summed E-state index contributed by atoms with van der Waals surface area (Å²) in [6.45, 7) is 1.29. The van der Waals surface area contributed by atoms with Crippen molar-refractivity contribution in [2.75, 3.05) is 18.5 Å². The molecule has 5 nitrogen and oxygen atoms in total. The summed E-state index contributed by atoms with van der Waals surface area (Å²) in [5.74, 6) is -0.0531. The Kier molecular flexibility index (Phi) is 5.28. The quantitative estimate of drug-likeness (QED) is 0.877. The van der Waals surface area contributed by atoms with E-state index >= 15 is 0 Å². The average Bonchev–Trinajstić information content (AvgIpc) is 3.26. The van der Waals surface area contributed by atoms with Crippen molar-refractivity contribution in [3.05, 3.63) is 29.8 Å². The van der Waals surface area contributed by atoms with E-state index in [1.165, 1.54) is 0 Å². The molecule has 1 saturated carbocycles. The van der Waals surface area contributed by atoms with E-state index in [4.69, 9.17) is 4.74 Å². The molecule has 1 aromatic rings. The number of nitrogens with one attached hydrogen (secondary N) is 2. The molecule has 0 bridgehead atoms. The number of carbonyl (C=O) groups is 2. The van der Waals surface area contributed by atoms with Crippen LogP contribution in [-0.2, 0) is 9.53 Å². The lowest BCUT2D eigenvalue weighted by atomic mass is 10.1. The third kappa shape index (κ3) is 4.10. The lowest BCUT2D eigenvalue weighted by molar-refractivity contribution is -0.119. The van der Waals surface area contributed by atoms with Gasteiger partial charge in [0.25, 0.3) is 5.91 Å². The zero-order valence-corrected chi connectivity index (χ0v) is 13.3. The van der Waals surface area contributed by atoms with Crippen LogP contribution in [0.25, 0.3) is 0 Å². The number of amides is 2. The summed E-state index contributed by atoms with van der Waals surface area (Å²) in [4.78, 5) is 24.7. The third-order valence-electron chi connectivity index (χ3n) is 4.67. The highest BCUT2D eigenvalue weighted by molar-refractivity contribution is 6.04. The molecule has 0 unspecified atom stereocenters. The fraction of sp³-hybridized carbons (Fsp3) is 0.556.